The number of aromatic nitrogens is 2. The van der Waals surface area contributed by atoms with Gasteiger partial charge < -0.3 is 10.3 Å². The number of aryl methyl sites for hydroxylation is 1. The van der Waals surface area contributed by atoms with Gasteiger partial charge in [0.15, 0.2) is 5.69 Å². The second kappa shape index (κ2) is 7.09. The minimum absolute atomic E-state index is 0.0775. The Morgan fingerprint density at radius 2 is 2.14 bits per heavy atom. The Bertz CT molecular complexity index is 1180. The number of benzene rings is 1. The van der Waals surface area contributed by atoms with E-state index in [-0.39, 0.29) is 27.2 Å². The Balaban J connectivity index is 1.98. The van der Waals surface area contributed by atoms with E-state index in [9.17, 15) is 22.8 Å². The number of thiazole rings is 1. The third kappa shape index (κ3) is 3.36. The van der Waals surface area contributed by atoms with E-state index in [2.05, 4.69) is 15.3 Å². The predicted octanol–water partition coefficient (Wildman–Crippen LogP) is 3.27. The monoisotopic (exact) mass is 406 g/mol. The Hall–Kier alpha value is -3.19. The van der Waals surface area contributed by atoms with Crippen molar-refractivity contribution in [2.75, 3.05) is 0 Å². The molecule has 0 spiro atoms. The highest BCUT2D eigenvalue weighted by molar-refractivity contribution is 7.09. The van der Waals surface area contributed by atoms with Crippen LogP contribution in [0.3, 0.4) is 0 Å². The maximum absolute atomic E-state index is 14.9. The number of hydrogen-bond donors (Lipinski definition) is 2. The van der Waals surface area contributed by atoms with E-state index in [0.29, 0.717) is 0 Å². The average molecular weight is 406 g/mol. The molecule has 6 nitrogen and oxygen atoms in total. The summed E-state index contributed by atoms with van der Waals surface area (Å²) in [4.78, 5) is 30.7. The van der Waals surface area contributed by atoms with Gasteiger partial charge in [0.05, 0.1) is 11.6 Å². The number of aromatic amines is 1. The lowest BCUT2D eigenvalue weighted by Gasteiger charge is -2.20. The number of halogens is 3. The lowest BCUT2D eigenvalue weighted by atomic mass is 9.99. The van der Waals surface area contributed by atoms with Gasteiger partial charge in [0, 0.05) is 16.3 Å². The summed E-state index contributed by atoms with van der Waals surface area (Å²) in [6.45, 7) is 2.66. The van der Waals surface area contributed by atoms with Crippen molar-refractivity contribution in [2.24, 2.45) is 0 Å². The molecular weight excluding hydrogens is 393 g/mol. The normalized spacial score (nSPS) is 12.6. The lowest BCUT2D eigenvalue weighted by molar-refractivity contribution is -0.148. The molecular formula is C18H13F3N4O2S. The van der Waals surface area contributed by atoms with Crippen LogP contribution in [0.25, 0.3) is 10.9 Å². The van der Waals surface area contributed by atoms with E-state index in [0.717, 1.165) is 23.5 Å². The van der Waals surface area contributed by atoms with Crippen molar-refractivity contribution in [1.82, 2.24) is 15.3 Å². The molecule has 2 aromatic heterocycles. The summed E-state index contributed by atoms with van der Waals surface area (Å²) in [7, 11) is 0. The molecule has 0 aliphatic rings. The van der Waals surface area contributed by atoms with Gasteiger partial charge in [0.1, 0.15) is 16.9 Å². The fourth-order valence-corrected chi connectivity index (χ4v) is 3.56. The van der Waals surface area contributed by atoms with E-state index >= 15 is 0 Å². The van der Waals surface area contributed by atoms with Gasteiger partial charge >= 0.3 is 5.92 Å². The highest BCUT2D eigenvalue weighted by Gasteiger charge is 2.45. The number of hydrogen-bond acceptors (Lipinski definition) is 5. The molecule has 0 saturated heterocycles. The van der Waals surface area contributed by atoms with Crippen LogP contribution < -0.4 is 10.9 Å². The number of pyridine rings is 1. The summed E-state index contributed by atoms with van der Waals surface area (Å²) in [5, 5.41) is 12.7. The SMILES string of the molecule is Cc1c(C(F)(F)C(=O)N[C@@H](C)c2nc(C#N)cs2)c(=O)[nH]c2ccc(F)cc12. The van der Waals surface area contributed by atoms with Gasteiger partial charge in [-0.25, -0.2) is 9.37 Å². The van der Waals surface area contributed by atoms with Crippen molar-refractivity contribution in [3.8, 4) is 6.07 Å². The summed E-state index contributed by atoms with van der Waals surface area (Å²) < 4.78 is 43.2. The summed E-state index contributed by atoms with van der Waals surface area (Å²) in [5.41, 5.74) is -2.08. The van der Waals surface area contributed by atoms with E-state index < -0.39 is 34.8 Å². The van der Waals surface area contributed by atoms with Gasteiger partial charge in [-0.2, -0.15) is 14.0 Å². The number of H-pyrrole nitrogens is 1. The number of alkyl halides is 2. The number of nitriles is 1. The zero-order valence-corrected chi connectivity index (χ0v) is 15.5. The lowest BCUT2D eigenvalue weighted by Crippen LogP contribution is -2.43. The van der Waals surface area contributed by atoms with Gasteiger partial charge in [-0.3, -0.25) is 9.59 Å². The van der Waals surface area contributed by atoms with E-state index in [1.165, 1.54) is 25.3 Å². The highest BCUT2D eigenvalue weighted by atomic mass is 32.1. The number of carbonyl (C=O) groups excluding carboxylic acids is 1. The molecule has 0 saturated carbocycles. The molecule has 0 bridgehead atoms. The number of amides is 1. The third-order valence-corrected chi connectivity index (χ3v) is 5.22. The average Bonchev–Trinajstić information content (AvgIpc) is 3.11. The van der Waals surface area contributed by atoms with Crippen molar-refractivity contribution in [2.45, 2.75) is 25.8 Å². The fourth-order valence-electron chi connectivity index (χ4n) is 2.80. The second-order valence-corrected chi connectivity index (χ2v) is 6.99. The number of nitrogens with one attached hydrogen (secondary N) is 2. The standard InChI is InChI=1S/C18H13F3N4O2S/c1-8-12-5-10(19)3-4-13(12)25-15(26)14(8)18(20,21)17(27)23-9(2)16-24-11(6-22)7-28-16/h3-5,7,9H,1-2H3,(H,23,27)(H,25,26)/t9-/m0/s1. The number of rotatable bonds is 4. The number of nitrogens with zero attached hydrogens (tertiary/aromatic N) is 2. The van der Waals surface area contributed by atoms with Crippen LogP contribution in [0.1, 0.15) is 34.8 Å². The van der Waals surface area contributed by atoms with Gasteiger partial charge in [0.25, 0.3) is 11.5 Å². The molecule has 1 atom stereocenters. The molecule has 10 heteroatoms. The van der Waals surface area contributed by atoms with Gasteiger partial charge in [-0.15, -0.1) is 11.3 Å². The molecule has 2 heterocycles. The summed E-state index contributed by atoms with van der Waals surface area (Å²) in [5.74, 6) is -6.52. The van der Waals surface area contributed by atoms with Crippen LogP contribution >= 0.6 is 11.3 Å². The Labute approximate surface area is 160 Å². The highest BCUT2D eigenvalue weighted by Crippen LogP contribution is 2.32. The maximum atomic E-state index is 14.9. The first-order valence-corrected chi connectivity index (χ1v) is 8.90. The molecule has 3 aromatic rings. The first-order valence-electron chi connectivity index (χ1n) is 8.02. The van der Waals surface area contributed by atoms with Gasteiger partial charge in [-0.05, 0) is 37.6 Å². The molecule has 0 aliphatic heterocycles. The van der Waals surface area contributed by atoms with Crippen LogP contribution in [0.2, 0.25) is 0 Å². The Morgan fingerprint density at radius 3 is 2.79 bits per heavy atom. The van der Waals surface area contributed by atoms with Crippen molar-refractivity contribution in [1.29, 1.82) is 5.26 Å². The zero-order chi connectivity index (χ0) is 20.6. The zero-order valence-electron chi connectivity index (χ0n) is 14.6. The minimum Gasteiger partial charge on any atom is -0.342 e. The van der Waals surface area contributed by atoms with Crippen LogP contribution in [0.4, 0.5) is 13.2 Å². The fraction of sp³-hybridized carbons (Fsp3) is 0.222. The Kier molecular flexibility index (Phi) is 4.95. The minimum atomic E-state index is -4.16. The third-order valence-electron chi connectivity index (χ3n) is 4.19. The Morgan fingerprint density at radius 1 is 1.43 bits per heavy atom. The van der Waals surface area contributed by atoms with Gasteiger partial charge in [0.2, 0.25) is 0 Å². The molecule has 28 heavy (non-hydrogen) atoms. The molecule has 144 valence electrons. The molecule has 2 N–H and O–H groups in total. The summed E-state index contributed by atoms with van der Waals surface area (Å²) >= 11 is 1.04. The van der Waals surface area contributed by atoms with Crippen LogP contribution in [0.5, 0.6) is 0 Å². The number of carbonyl (C=O) groups is 1. The summed E-state index contributed by atoms with van der Waals surface area (Å²) in [6, 6.07) is 4.28. The molecule has 0 fully saturated rings. The van der Waals surface area contributed by atoms with Crippen molar-refractivity contribution < 1.29 is 18.0 Å². The molecule has 0 radical (unpaired) electrons. The number of fused-ring (bicyclic) bond motifs is 1. The van der Waals surface area contributed by atoms with E-state index in [4.69, 9.17) is 5.26 Å². The summed E-state index contributed by atoms with van der Waals surface area (Å²) in [6.07, 6.45) is 0. The van der Waals surface area contributed by atoms with Gasteiger partial charge in [-0.1, -0.05) is 0 Å². The quantitative estimate of drug-likeness (QED) is 0.695. The maximum Gasteiger partial charge on any atom is 0.355 e. The first-order chi connectivity index (χ1) is 13.1. The van der Waals surface area contributed by atoms with Crippen molar-refractivity contribution >= 4 is 28.1 Å². The molecule has 1 amide bonds. The molecule has 1 aromatic carbocycles. The second-order valence-electron chi connectivity index (χ2n) is 6.10. The first kappa shape index (κ1) is 19.6. The van der Waals surface area contributed by atoms with Crippen molar-refractivity contribution in [3.05, 3.63) is 61.6 Å². The largest absolute Gasteiger partial charge is 0.355 e. The van der Waals surface area contributed by atoms with E-state index in [1.807, 2.05) is 6.07 Å². The van der Waals surface area contributed by atoms with Crippen LogP contribution in [0.15, 0.2) is 28.4 Å². The van der Waals surface area contributed by atoms with Crippen LogP contribution in [-0.2, 0) is 10.7 Å². The van der Waals surface area contributed by atoms with Crippen molar-refractivity contribution in [3.63, 3.8) is 0 Å². The topological polar surface area (TPSA) is 98.6 Å². The van der Waals surface area contributed by atoms with Crippen LogP contribution in [0, 0.1) is 24.1 Å². The molecule has 0 unspecified atom stereocenters. The van der Waals surface area contributed by atoms with E-state index in [1.54, 1.807) is 0 Å². The molecule has 3 rings (SSSR count). The van der Waals surface area contributed by atoms with Crippen LogP contribution in [-0.4, -0.2) is 15.9 Å². The smallest absolute Gasteiger partial charge is 0.342 e. The predicted molar refractivity (Wildman–Crippen MR) is 96.5 cm³/mol. The molecule has 0 aliphatic carbocycles.